The average Bonchev–Trinajstić information content (AvgIpc) is 3.55. The normalized spacial score (nSPS) is 15.3. The summed E-state index contributed by atoms with van der Waals surface area (Å²) in [5.41, 5.74) is 3.02. The monoisotopic (exact) mass is 465 g/mol. The fraction of sp³-hybridized carbons (Fsp3) is 0.333. The van der Waals surface area contributed by atoms with Crippen LogP contribution >= 0.6 is 23.4 Å². The first-order valence-electron chi connectivity index (χ1n) is 10.9. The molecule has 32 heavy (non-hydrogen) atoms. The number of rotatable bonds is 6. The Morgan fingerprint density at radius 3 is 2.50 bits per heavy atom. The predicted molar refractivity (Wildman–Crippen MR) is 127 cm³/mol. The molecule has 1 aliphatic carbocycles. The van der Waals surface area contributed by atoms with E-state index in [0.29, 0.717) is 22.8 Å². The molecule has 0 unspecified atom stereocenters. The average molecular weight is 466 g/mol. The summed E-state index contributed by atoms with van der Waals surface area (Å²) in [5, 5.41) is 19.1. The molecule has 2 aromatic carbocycles. The van der Waals surface area contributed by atoms with Gasteiger partial charge in [0.15, 0.2) is 11.0 Å². The Bertz CT molecular complexity index is 1210. The molecule has 4 aromatic rings. The molecule has 5 rings (SSSR count). The van der Waals surface area contributed by atoms with E-state index in [4.69, 9.17) is 16.0 Å². The minimum Gasteiger partial charge on any atom is -0.419 e. The summed E-state index contributed by atoms with van der Waals surface area (Å²) in [6.45, 7) is 4.11. The van der Waals surface area contributed by atoms with Crippen LogP contribution in [0.15, 0.2) is 58.1 Å². The van der Waals surface area contributed by atoms with Crippen molar-refractivity contribution in [3.05, 3.63) is 65.0 Å². The van der Waals surface area contributed by atoms with E-state index in [1.165, 1.54) is 18.4 Å². The van der Waals surface area contributed by atoms with E-state index >= 15 is 0 Å². The minimum atomic E-state index is -0.0647. The van der Waals surface area contributed by atoms with Crippen LogP contribution in [0.4, 0.5) is 0 Å². The predicted octanol–water partition coefficient (Wildman–Crippen LogP) is 6.93. The summed E-state index contributed by atoms with van der Waals surface area (Å²) < 4.78 is 8.25. The Kier molecular flexibility index (Phi) is 6.02. The zero-order chi connectivity index (χ0) is 22.1. The standard InChI is InChI=1S/C24H24ClN5OS/c1-15-11-13-17(14-12-15)23-28-27-22(31-23)16(2)32-24-29-26-21(19-9-5-6-10-20(19)25)30(24)18-7-3-4-8-18/h5-6,9-14,16,18H,3-4,7-8H2,1-2H3/t16-/m0/s1. The van der Waals surface area contributed by atoms with Gasteiger partial charge in [-0.25, -0.2) is 0 Å². The first kappa shape index (κ1) is 21.2. The second-order valence-corrected chi connectivity index (χ2v) is 9.88. The maximum absolute atomic E-state index is 6.50. The van der Waals surface area contributed by atoms with Crippen molar-refractivity contribution in [2.24, 2.45) is 0 Å². The van der Waals surface area contributed by atoms with Crippen molar-refractivity contribution in [1.82, 2.24) is 25.0 Å². The van der Waals surface area contributed by atoms with Gasteiger partial charge in [-0.05, 0) is 51.0 Å². The molecule has 2 heterocycles. The van der Waals surface area contributed by atoms with Gasteiger partial charge in [-0.15, -0.1) is 20.4 Å². The van der Waals surface area contributed by atoms with Gasteiger partial charge in [0, 0.05) is 17.2 Å². The molecule has 164 valence electrons. The lowest BCUT2D eigenvalue weighted by molar-refractivity contribution is 0.482. The highest BCUT2D eigenvalue weighted by atomic mass is 35.5. The molecule has 0 aliphatic heterocycles. The molecular formula is C24H24ClN5OS. The van der Waals surface area contributed by atoms with Crippen LogP contribution < -0.4 is 0 Å². The van der Waals surface area contributed by atoms with E-state index in [9.17, 15) is 0 Å². The number of benzene rings is 2. The van der Waals surface area contributed by atoms with Crippen molar-refractivity contribution >= 4 is 23.4 Å². The van der Waals surface area contributed by atoms with E-state index in [2.05, 4.69) is 38.8 Å². The van der Waals surface area contributed by atoms with Gasteiger partial charge in [-0.2, -0.15) is 0 Å². The van der Waals surface area contributed by atoms with Crippen LogP contribution in [0.25, 0.3) is 22.8 Å². The molecule has 1 atom stereocenters. The summed E-state index contributed by atoms with van der Waals surface area (Å²) in [5.74, 6) is 1.93. The van der Waals surface area contributed by atoms with Crippen LogP contribution in [0.2, 0.25) is 5.02 Å². The van der Waals surface area contributed by atoms with Gasteiger partial charge in [0.25, 0.3) is 0 Å². The molecular weight excluding hydrogens is 442 g/mol. The Morgan fingerprint density at radius 2 is 1.75 bits per heavy atom. The highest BCUT2D eigenvalue weighted by molar-refractivity contribution is 7.99. The zero-order valence-corrected chi connectivity index (χ0v) is 19.6. The molecule has 0 radical (unpaired) electrons. The smallest absolute Gasteiger partial charge is 0.247 e. The summed E-state index contributed by atoms with van der Waals surface area (Å²) >= 11 is 8.09. The number of hydrogen-bond donors (Lipinski definition) is 0. The molecule has 1 aliphatic rings. The van der Waals surface area contributed by atoms with Gasteiger partial charge >= 0.3 is 0 Å². The van der Waals surface area contributed by atoms with Gasteiger partial charge in [-0.3, -0.25) is 4.57 Å². The molecule has 0 saturated heterocycles. The maximum Gasteiger partial charge on any atom is 0.247 e. The molecule has 8 heteroatoms. The van der Waals surface area contributed by atoms with Crippen molar-refractivity contribution in [3.8, 4) is 22.8 Å². The molecule has 1 saturated carbocycles. The summed E-state index contributed by atoms with van der Waals surface area (Å²) in [6, 6.07) is 16.3. The van der Waals surface area contributed by atoms with Gasteiger partial charge in [0.05, 0.1) is 10.3 Å². The van der Waals surface area contributed by atoms with Crippen molar-refractivity contribution in [1.29, 1.82) is 0 Å². The molecule has 2 aromatic heterocycles. The molecule has 0 N–H and O–H groups in total. The van der Waals surface area contributed by atoms with Crippen molar-refractivity contribution in [2.75, 3.05) is 0 Å². The van der Waals surface area contributed by atoms with Crippen LogP contribution in [0.5, 0.6) is 0 Å². The van der Waals surface area contributed by atoms with E-state index in [1.807, 2.05) is 48.5 Å². The van der Waals surface area contributed by atoms with Crippen LogP contribution in [0.3, 0.4) is 0 Å². The maximum atomic E-state index is 6.50. The minimum absolute atomic E-state index is 0.0647. The van der Waals surface area contributed by atoms with E-state index in [0.717, 1.165) is 34.9 Å². The SMILES string of the molecule is Cc1ccc(-c2nnc([C@H](C)Sc3nnc(-c4ccccc4Cl)n3C3CCCC3)o2)cc1. The third-order valence-corrected chi connectivity index (χ3v) is 7.21. The first-order chi connectivity index (χ1) is 15.6. The number of aromatic nitrogens is 5. The quantitative estimate of drug-likeness (QED) is 0.287. The van der Waals surface area contributed by atoms with Gasteiger partial charge in [0.2, 0.25) is 11.8 Å². The van der Waals surface area contributed by atoms with Crippen molar-refractivity contribution in [3.63, 3.8) is 0 Å². The Hall–Kier alpha value is -2.64. The van der Waals surface area contributed by atoms with Crippen LogP contribution in [0, 0.1) is 6.92 Å². The van der Waals surface area contributed by atoms with Crippen LogP contribution in [0.1, 0.15) is 55.4 Å². The van der Waals surface area contributed by atoms with Gasteiger partial charge in [0.1, 0.15) is 0 Å². The molecule has 0 amide bonds. The Morgan fingerprint density at radius 1 is 1.00 bits per heavy atom. The summed E-state index contributed by atoms with van der Waals surface area (Å²) in [4.78, 5) is 0. The third-order valence-electron chi connectivity index (χ3n) is 5.84. The van der Waals surface area contributed by atoms with E-state index in [1.54, 1.807) is 11.8 Å². The zero-order valence-electron chi connectivity index (χ0n) is 18.0. The van der Waals surface area contributed by atoms with Crippen molar-refractivity contribution < 1.29 is 4.42 Å². The first-order valence-corrected chi connectivity index (χ1v) is 12.1. The molecule has 6 nitrogen and oxygen atoms in total. The third kappa shape index (κ3) is 4.19. The lowest BCUT2D eigenvalue weighted by Gasteiger charge is -2.18. The van der Waals surface area contributed by atoms with Crippen LogP contribution in [-0.4, -0.2) is 25.0 Å². The Balaban J connectivity index is 1.44. The summed E-state index contributed by atoms with van der Waals surface area (Å²) in [6.07, 6.45) is 4.67. The number of hydrogen-bond acceptors (Lipinski definition) is 6. The highest BCUT2D eigenvalue weighted by Crippen LogP contribution is 2.41. The number of nitrogens with zero attached hydrogens (tertiary/aromatic N) is 5. The number of halogens is 1. The number of thioether (sulfide) groups is 1. The second-order valence-electron chi connectivity index (χ2n) is 8.17. The topological polar surface area (TPSA) is 69.6 Å². The van der Waals surface area contributed by atoms with Crippen molar-refractivity contribution in [2.45, 2.75) is 56.0 Å². The molecule has 0 spiro atoms. The Labute approximate surface area is 196 Å². The van der Waals surface area contributed by atoms with Crippen LogP contribution in [-0.2, 0) is 0 Å². The fourth-order valence-corrected chi connectivity index (χ4v) is 5.26. The number of aryl methyl sites for hydroxylation is 1. The lowest BCUT2D eigenvalue weighted by Crippen LogP contribution is -2.09. The van der Waals surface area contributed by atoms with E-state index < -0.39 is 0 Å². The molecule has 0 bridgehead atoms. The van der Waals surface area contributed by atoms with E-state index in [-0.39, 0.29) is 5.25 Å². The van der Waals surface area contributed by atoms with Gasteiger partial charge in [-0.1, -0.05) is 66.0 Å². The highest BCUT2D eigenvalue weighted by Gasteiger charge is 2.28. The lowest BCUT2D eigenvalue weighted by atomic mass is 10.1. The second kappa shape index (κ2) is 9.08. The largest absolute Gasteiger partial charge is 0.419 e. The fourth-order valence-electron chi connectivity index (χ4n) is 4.10. The summed E-state index contributed by atoms with van der Waals surface area (Å²) in [7, 11) is 0. The molecule has 1 fully saturated rings. The van der Waals surface area contributed by atoms with Gasteiger partial charge < -0.3 is 4.42 Å².